The summed E-state index contributed by atoms with van der Waals surface area (Å²) in [5.74, 6) is 0.742. The molecule has 0 aromatic heterocycles. The number of nitrogens with zero attached hydrogens (tertiary/aromatic N) is 1. The van der Waals surface area contributed by atoms with Crippen LogP contribution in [0, 0.1) is 16.0 Å². The van der Waals surface area contributed by atoms with Gasteiger partial charge in [-0.25, -0.2) is 0 Å². The standard InChI is InChI=1S/C18H15BrN2O2/c19-16-9-3-8-15-13-6-2-7-14(13)17(20-18(15)16)11-4-1-5-12(10-11)21(22)23/h1-6,8-10,13-14,17,20H,7H2/t13-,14-,17-/m0/s1. The number of hydrogen-bond acceptors (Lipinski definition) is 3. The van der Waals surface area contributed by atoms with E-state index in [1.807, 2.05) is 12.1 Å². The molecule has 116 valence electrons. The summed E-state index contributed by atoms with van der Waals surface area (Å²) in [6.07, 6.45) is 5.47. The van der Waals surface area contributed by atoms with Crippen LogP contribution in [0.5, 0.6) is 0 Å². The molecule has 23 heavy (non-hydrogen) atoms. The Bertz CT molecular complexity index is 818. The summed E-state index contributed by atoms with van der Waals surface area (Å²) in [7, 11) is 0. The fourth-order valence-corrected chi connectivity index (χ4v) is 4.24. The molecule has 1 N–H and O–H groups in total. The van der Waals surface area contributed by atoms with E-state index in [2.05, 4.69) is 45.5 Å². The van der Waals surface area contributed by atoms with Crippen LogP contribution in [0.1, 0.15) is 29.5 Å². The first-order valence-corrected chi connectivity index (χ1v) is 8.40. The predicted molar refractivity (Wildman–Crippen MR) is 93.6 cm³/mol. The molecule has 0 unspecified atom stereocenters. The number of allylic oxidation sites excluding steroid dienone is 2. The lowest BCUT2D eigenvalue weighted by Crippen LogP contribution is -2.29. The van der Waals surface area contributed by atoms with Crippen molar-refractivity contribution in [2.45, 2.75) is 18.4 Å². The molecule has 5 heteroatoms. The Morgan fingerprint density at radius 2 is 2.04 bits per heavy atom. The van der Waals surface area contributed by atoms with Crippen molar-refractivity contribution >= 4 is 27.3 Å². The maximum Gasteiger partial charge on any atom is 0.269 e. The number of nitro benzene ring substituents is 1. The van der Waals surface area contributed by atoms with Gasteiger partial charge in [0, 0.05) is 22.5 Å². The third-order valence-corrected chi connectivity index (χ3v) is 5.45. The fourth-order valence-electron chi connectivity index (χ4n) is 3.75. The summed E-state index contributed by atoms with van der Waals surface area (Å²) in [5, 5.41) is 14.7. The number of rotatable bonds is 2. The van der Waals surface area contributed by atoms with Gasteiger partial charge in [0.25, 0.3) is 5.69 Å². The number of halogens is 1. The highest BCUT2D eigenvalue weighted by atomic mass is 79.9. The number of benzene rings is 2. The topological polar surface area (TPSA) is 55.2 Å². The highest BCUT2D eigenvalue weighted by Crippen LogP contribution is 2.51. The average Bonchev–Trinajstić information content (AvgIpc) is 3.04. The Hall–Kier alpha value is -2.14. The highest BCUT2D eigenvalue weighted by Gasteiger charge is 2.38. The lowest BCUT2D eigenvalue weighted by atomic mass is 9.77. The summed E-state index contributed by atoms with van der Waals surface area (Å²) < 4.78 is 1.03. The number of nitrogens with one attached hydrogen (secondary N) is 1. The van der Waals surface area contributed by atoms with Gasteiger partial charge in [-0.1, -0.05) is 36.4 Å². The average molecular weight is 371 g/mol. The van der Waals surface area contributed by atoms with E-state index in [0.29, 0.717) is 11.8 Å². The number of nitro groups is 1. The minimum absolute atomic E-state index is 0.0705. The first kappa shape index (κ1) is 14.5. The fraction of sp³-hybridized carbons (Fsp3) is 0.222. The van der Waals surface area contributed by atoms with E-state index in [0.717, 1.165) is 22.1 Å². The summed E-state index contributed by atoms with van der Waals surface area (Å²) in [6, 6.07) is 13.3. The Morgan fingerprint density at radius 3 is 2.87 bits per heavy atom. The molecule has 2 aromatic carbocycles. The molecule has 4 rings (SSSR count). The second-order valence-electron chi connectivity index (χ2n) is 6.03. The molecule has 3 atom stereocenters. The second kappa shape index (κ2) is 5.49. The van der Waals surface area contributed by atoms with Crippen molar-refractivity contribution < 1.29 is 4.92 Å². The van der Waals surface area contributed by atoms with E-state index in [-0.39, 0.29) is 16.7 Å². The number of para-hydroxylation sites is 1. The van der Waals surface area contributed by atoms with Crippen LogP contribution in [0.3, 0.4) is 0 Å². The van der Waals surface area contributed by atoms with Crippen molar-refractivity contribution in [3.8, 4) is 0 Å². The Balaban J connectivity index is 1.80. The molecule has 2 aromatic rings. The van der Waals surface area contributed by atoms with Gasteiger partial charge in [0.15, 0.2) is 0 Å². The minimum Gasteiger partial charge on any atom is -0.377 e. The molecule has 0 fully saturated rings. The number of fused-ring (bicyclic) bond motifs is 3. The zero-order valence-electron chi connectivity index (χ0n) is 12.3. The van der Waals surface area contributed by atoms with Crippen molar-refractivity contribution in [2.75, 3.05) is 5.32 Å². The normalized spacial score (nSPS) is 24.7. The van der Waals surface area contributed by atoms with Gasteiger partial charge < -0.3 is 5.32 Å². The van der Waals surface area contributed by atoms with E-state index in [4.69, 9.17) is 0 Å². The lowest BCUT2D eigenvalue weighted by Gasteiger charge is -2.38. The van der Waals surface area contributed by atoms with Gasteiger partial charge in [0.1, 0.15) is 0 Å². The third kappa shape index (κ3) is 2.36. The van der Waals surface area contributed by atoms with Crippen LogP contribution >= 0.6 is 15.9 Å². The van der Waals surface area contributed by atoms with E-state index < -0.39 is 0 Å². The van der Waals surface area contributed by atoms with Crippen LogP contribution in [-0.2, 0) is 0 Å². The molecule has 2 aliphatic rings. The maximum absolute atomic E-state index is 11.1. The quantitative estimate of drug-likeness (QED) is 0.449. The van der Waals surface area contributed by atoms with Crippen LogP contribution in [0.25, 0.3) is 0 Å². The van der Waals surface area contributed by atoms with Crippen molar-refractivity contribution in [1.29, 1.82) is 0 Å². The van der Waals surface area contributed by atoms with Crippen LogP contribution in [-0.4, -0.2) is 4.92 Å². The van der Waals surface area contributed by atoms with Gasteiger partial charge >= 0.3 is 0 Å². The summed E-state index contributed by atoms with van der Waals surface area (Å²) in [4.78, 5) is 10.7. The van der Waals surface area contributed by atoms with Crippen LogP contribution in [0.15, 0.2) is 59.1 Å². The smallest absolute Gasteiger partial charge is 0.269 e. The van der Waals surface area contributed by atoms with E-state index in [9.17, 15) is 10.1 Å². The van der Waals surface area contributed by atoms with Crippen molar-refractivity contribution in [3.05, 3.63) is 80.3 Å². The highest BCUT2D eigenvalue weighted by molar-refractivity contribution is 9.10. The minimum atomic E-state index is -0.333. The SMILES string of the molecule is O=[N+]([O-])c1cccc([C@@H]2Nc3c(Br)cccc3[C@H]3C=CC[C@@H]32)c1. The van der Waals surface area contributed by atoms with Gasteiger partial charge in [-0.3, -0.25) is 10.1 Å². The van der Waals surface area contributed by atoms with Gasteiger partial charge in [-0.2, -0.15) is 0 Å². The molecule has 0 radical (unpaired) electrons. The molecule has 0 saturated heterocycles. The molecule has 1 aliphatic heterocycles. The van der Waals surface area contributed by atoms with Crippen LogP contribution in [0.2, 0.25) is 0 Å². The molecule has 1 heterocycles. The molecule has 0 saturated carbocycles. The van der Waals surface area contributed by atoms with Gasteiger partial charge in [-0.05, 0) is 45.5 Å². The van der Waals surface area contributed by atoms with Gasteiger partial charge in [-0.15, -0.1) is 0 Å². The van der Waals surface area contributed by atoms with Crippen molar-refractivity contribution in [2.24, 2.45) is 5.92 Å². The predicted octanol–water partition coefficient (Wildman–Crippen LogP) is 5.18. The maximum atomic E-state index is 11.1. The van der Waals surface area contributed by atoms with Crippen LogP contribution < -0.4 is 5.32 Å². The molecule has 0 amide bonds. The lowest BCUT2D eigenvalue weighted by molar-refractivity contribution is -0.384. The van der Waals surface area contributed by atoms with Crippen molar-refractivity contribution in [1.82, 2.24) is 0 Å². The summed E-state index contributed by atoms with van der Waals surface area (Å²) >= 11 is 3.62. The molecule has 0 spiro atoms. The number of anilines is 1. The first-order valence-electron chi connectivity index (χ1n) is 7.61. The molecule has 4 nitrogen and oxygen atoms in total. The number of hydrogen-bond donors (Lipinski definition) is 1. The van der Waals surface area contributed by atoms with Crippen LogP contribution in [0.4, 0.5) is 11.4 Å². The Kier molecular flexibility index (Phi) is 3.45. The van der Waals surface area contributed by atoms with E-state index >= 15 is 0 Å². The molecule has 0 bridgehead atoms. The zero-order valence-corrected chi connectivity index (χ0v) is 13.9. The Labute approximate surface area is 142 Å². The van der Waals surface area contributed by atoms with E-state index in [1.54, 1.807) is 18.2 Å². The van der Waals surface area contributed by atoms with Gasteiger partial charge in [0.2, 0.25) is 0 Å². The first-order chi connectivity index (χ1) is 11.1. The monoisotopic (exact) mass is 370 g/mol. The zero-order chi connectivity index (χ0) is 16.0. The second-order valence-corrected chi connectivity index (χ2v) is 6.89. The molecular formula is C18H15BrN2O2. The number of non-ortho nitro benzene ring substituents is 1. The molecular weight excluding hydrogens is 356 g/mol. The molecule has 1 aliphatic carbocycles. The van der Waals surface area contributed by atoms with E-state index in [1.165, 1.54) is 5.56 Å². The van der Waals surface area contributed by atoms with Crippen molar-refractivity contribution in [3.63, 3.8) is 0 Å². The summed E-state index contributed by atoms with van der Waals surface area (Å²) in [6.45, 7) is 0. The Morgan fingerprint density at radius 1 is 1.22 bits per heavy atom. The third-order valence-electron chi connectivity index (χ3n) is 4.79. The van der Waals surface area contributed by atoms with Gasteiger partial charge in [0.05, 0.1) is 16.7 Å². The summed E-state index contributed by atoms with van der Waals surface area (Å²) in [5.41, 5.74) is 3.50. The largest absolute Gasteiger partial charge is 0.377 e.